The van der Waals surface area contributed by atoms with Gasteiger partial charge in [-0.25, -0.2) is 14.2 Å². The van der Waals surface area contributed by atoms with Crippen LogP contribution in [0.1, 0.15) is 25.2 Å². The standard InChI is InChI=1S/C17H17FN2O4/c18-12-5-2-1-4-11(12)14-10-19-15(24-14)7-8-16(21)20-9-3-6-13(20)17(22)23/h1-2,4-5,10,13H,3,6-9H2,(H,22,23)/t13-/m1/s1. The summed E-state index contributed by atoms with van der Waals surface area (Å²) in [6.07, 6.45) is 2.96. The van der Waals surface area contributed by atoms with Crippen molar-refractivity contribution in [2.75, 3.05) is 6.54 Å². The molecule has 1 atom stereocenters. The summed E-state index contributed by atoms with van der Waals surface area (Å²) in [6, 6.07) is 5.47. The first-order valence-electron chi connectivity index (χ1n) is 7.78. The molecule has 1 N–H and O–H groups in total. The Hall–Kier alpha value is -2.70. The Kier molecular flexibility index (Phi) is 4.59. The number of aromatic nitrogens is 1. The summed E-state index contributed by atoms with van der Waals surface area (Å²) in [5.41, 5.74) is 0.313. The second-order valence-corrected chi connectivity index (χ2v) is 5.68. The molecule has 0 spiro atoms. The Morgan fingerprint density at radius 2 is 2.17 bits per heavy atom. The van der Waals surface area contributed by atoms with E-state index in [1.54, 1.807) is 18.2 Å². The van der Waals surface area contributed by atoms with Gasteiger partial charge in [0.2, 0.25) is 5.91 Å². The number of rotatable bonds is 5. The lowest BCUT2D eigenvalue weighted by Gasteiger charge is -2.20. The minimum atomic E-state index is -0.973. The van der Waals surface area contributed by atoms with Gasteiger partial charge in [0.1, 0.15) is 11.9 Å². The van der Waals surface area contributed by atoms with Crippen LogP contribution in [0.4, 0.5) is 4.39 Å². The molecule has 0 aliphatic carbocycles. The zero-order valence-corrected chi connectivity index (χ0v) is 12.9. The van der Waals surface area contributed by atoms with Gasteiger partial charge < -0.3 is 14.4 Å². The lowest BCUT2D eigenvalue weighted by molar-refractivity contribution is -0.148. The topological polar surface area (TPSA) is 83.6 Å². The van der Waals surface area contributed by atoms with Gasteiger partial charge in [0.15, 0.2) is 11.7 Å². The third-order valence-electron chi connectivity index (χ3n) is 4.10. The number of benzene rings is 1. The molecule has 7 heteroatoms. The van der Waals surface area contributed by atoms with Gasteiger partial charge in [-0.3, -0.25) is 4.79 Å². The van der Waals surface area contributed by atoms with Crippen molar-refractivity contribution in [3.63, 3.8) is 0 Å². The van der Waals surface area contributed by atoms with Crippen LogP contribution in [0.25, 0.3) is 11.3 Å². The van der Waals surface area contributed by atoms with Gasteiger partial charge in [-0.15, -0.1) is 0 Å². The molecule has 1 aromatic carbocycles. The highest BCUT2D eigenvalue weighted by Crippen LogP contribution is 2.24. The van der Waals surface area contributed by atoms with Gasteiger partial charge >= 0.3 is 5.97 Å². The largest absolute Gasteiger partial charge is 0.480 e. The number of hydrogen-bond donors (Lipinski definition) is 1. The van der Waals surface area contributed by atoms with Crippen molar-refractivity contribution >= 4 is 11.9 Å². The normalized spacial score (nSPS) is 17.2. The molecule has 1 amide bonds. The average Bonchev–Trinajstić information content (AvgIpc) is 3.22. The second kappa shape index (κ2) is 6.82. The van der Waals surface area contributed by atoms with Gasteiger partial charge in [-0.1, -0.05) is 12.1 Å². The monoisotopic (exact) mass is 332 g/mol. The van der Waals surface area contributed by atoms with Crippen molar-refractivity contribution in [2.24, 2.45) is 0 Å². The summed E-state index contributed by atoms with van der Waals surface area (Å²) in [5.74, 6) is -0.977. The van der Waals surface area contributed by atoms with Crippen molar-refractivity contribution in [3.05, 3.63) is 42.2 Å². The average molecular weight is 332 g/mol. The number of likely N-dealkylation sites (tertiary alicyclic amines) is 1. The van der Waals surface area contributed by atoms with Crippen LogP contribution in [0.3, 0.4) is 0 Å². The minimum absolute atomic E-state index is 0.112. The van der Waals surface area contributed by atoms with E-state index >= 15 is 0 Å². The smallest absolute Gasteiger partial charge is 0.326 e. The molecule has 1 aliphatic heterocycles. The maximum Gasteiger partial charge on any atom is 0.326 e. The van der Waals surface area contributed by atoms with Gasteiger partial charge in [-0.05, 0) is 25.0 Å². The predicted octanol–water partition coefficient (Wildman–Crippen LogP) is 2.49. The molecule has 24 heavy (non-hydrogen) atoms. The number of amides is 1. The molecule has 0 radical (unpaired) electrons. The van der Waals surface area contributed by atoms with Crippen LogP contribution in [-0.2, 0) is 16.0 Å². The van der Waals surface area contributed by atoms with Gasteiger partial charge in [-0.2, -0.15) is 0 Å². The van der Waals surface area contributed by atoms with Gasteiger partial charge in [0.25, 0.3) is 0 Å². The second-order valence-electron chi connectivity index (χ2n) is 5.68. The fraction of sp³-hybridized carbons (Fsp3) is 0.353. The first-order chi connectivity index (χ1) is 11.6. The third-order valence-corrected chi connectivity index (χ3v) is 4.10. The van der Waals surface area contributed by atoms with E-state index in [-0.39, 0.29) is 18.7 Å². The number of oxazole rings is 1. The number of carbonyl (C=O) groups is 2. The van der Waals surface area contributed by atoms with Crippen molar-refractivity contribution in [2.45, 2.75) is 31.7 Å². The molecule has 1 aliphatic rings. The van der Waals surface area contributed by atoms with Crippen LogP contribution in [0.2, 0.25) is 0 Å². The molecule has 126 valence electrons. The fourth-order valence-electron chi connectivity index (χ4n) is 2.89. The Balaban J connectivity index is 1.63. The number of aliphatic carboxylic acids is 1. The van der Waals surface area contributed by atoms with E-state index in [4.69, 9.17) is 9.52 Å². The Morgan fingerprint density at radius 3 is 2.92 bits per heavy atom. The zero-order valence-electron chi connectivity index (χ0n) is 12.9. The maximum absolute atomic E-state index is 13.7. The fourth-order valence-corrected chi connectivity index (χ4v) is 2.89. The first kappa shape index (κ1) is 16.2. The number of hydrogen-bond acceptors (Lipinski definition) is 4. The molecule has 1 fully saturated rings. The summed E-state index contributed by atoms with van der Waals surface area (Å²) in [4.78, 5) is 28.8. The van der Waals surface area contributed by atoms with E-state index in [2.05, 4.69) is 4.98 Å². The Bertz CT molecular complexity index is 759. The first-order valence-corrected chi connectivity index (χ1v) is 7.78. The highest BCUT2D eigenvalue weighted by Gasteiger charge is 2.33. The van der Waals surface area contributed by atoms with Crippen molar-refractivity contribution in [1.82, 2.24) is 9.88 Å². The summed E-state index contributed by atoms with van der Waals surface area (Å²) in [5, 5.41) is 9.11. The Labute approximate surface area is 137 Å². The van der Waals surface area contributed by atoms with Crippen LogP contribution in [0.15, 0.2) is 34.9 Å². The van der Waals surface area contributed by atoms with Crippen LogP contribution in [0.5, 0.6) is 0 Å². The molecule has 1 saturated heterocycles. The number of halogens is 1. The number of carboxylic acids is 1. The number of carbonyl (C=O) groups excluding carboxylic acids is 1. The highest BCUT2D eigenvalue weighted by atomic mass is 19.1. The SMILES string of the molecule is O=C(O)[C@H]1CCCN1C(=O)CCc1ncc(-c2ccccc2F)o1. The molecule has 0 bridgehead atoms. The molecule has 2 heterocycles. The van der Waals surface area contributed by atoms with E-state index in [0.29, 0.717) is 36.6 Å². The molecule has 3 rings (SSSR count). The summed E-state index contributed by atoms with van der Waals surface area (Å²) < 4.78 is 19.2. The maximum atomic E-state index is 13.7. The van der Waals surface area contributed by atoms with E-state index in [9.17, 15) is 14.0 Å². The van der Waals surface area contributed by atoms with Crippen LogP contribution >= 0.6 is 0 Å². The molecule has 0 unspecified atom stereocenters. The summed E-state index contributed by atoms with van der Waals surface area (Å²) in [6.45, 7) is 0.460. The highest BCUT2D eigenvalue weighted by molar-refractivity contribution is 5.84. The van der Waals surface area contributed by atoms with Crippen LogP contribution in [0, 0.1) is 5.82 Å². The molecular formula is C17H17FN2O4. The number of carboxylic acid groups (broad SMARTS) is 1. The summed E-state index contributed by atoms with van der Waals surface area (Å²) in [7, 11) is 0. The third kappa shape index (κ3) is 3.29. The van der Waals surface area contributed by atoms with Gasteiger partial charge in [0.05, 0.1) is 11.8 Å². The predicted molar refractivity (Wildman–Crippen MR) is 82.6 cm³/mol. The van der Waals surface area contributed by atoms with E-state index in [0.717, 1.165) is 0 Å². The van der Waals surface area contributed by atoms with Crippen LogP contribution < -0.4 is 0 Å². The zero-order chi connectivity index (χ0) is 17.1. The van der Waals surface area contributed by atoms with Gasteiger partial charge in [0, 0.05) is 19.4 Å². The molecular weight excluding hydrogens is 315 g/mol. The lowest BCUT2D eigenvalue weighted by atomic mass is 10.2. The van der Waals surface area contributed by atoms with E-state index in [1.165, 1.54) is 17.2 Å². The lowest BCUT2D eigenvalue weighted by Crippen LogP contribution is -2.40. The molecule has 0 saturated carbocycles. The number of nitrogens with zero attached hydrogens (tertiary/aromatic N) is 2. The van der Waals surface area contributed by atoms with Crippen LogP contribution in [-0.4, -0.2) is 39.5 Å². The Morgan fingerprint density at radius 1 is 1.38 bits per heavy atom. The molecule has 6 nitrogen and oxygen atoms in total. The molecule has 1 aromatic heterocycles. The summed E-state index contributed by atoms with van der Waals surface area (Å²) >= 11 is 0. The van der Waals surface area contributed by atoms with E-state index < -0.39 is 17.8 Å². The van der Waals surface area contributed by atoms with Crippen molar-refractivity contribution in [3.8, 4) is 11.3 Å². The minimum Gasteiger partial charge on any atom is -0.480 e. The van der Waals surface area contributed by atoms with Crippen molar-refractivity contribution < 1.29 is 23.5 Å². The number of aryl methyl sites for hydroxylation is 1. The molecule has 2 aromatic rings. The van der Waals surface area contributed by atoms with E-state index in [1.807, 2.05) is 0 Å². The van der Waals surface area contributed by atoms with Crippen molar-refractivity contribution in [1.29, 1.82) is 0 Å². The quantitative estimate of drug-likeness (QED) is 0.909.